The van der Waals surface area contributed by atoms with Gasteiger partial charge in [0.15, 0.2) is 0 Å². The molecular formula is C15H14INO2S. The van der Waals surface area contributed by atoms with Crippen LogP contribution in [0.3, 0.4) is 0 Å². The number of aliphatic hydroxyl groups is 1. The third kappa shape index (κ3) is 2.62. The van der Waals surface area contributed by atoms with Gasteiger partial charge in [0.25, 0.3) is 5.91 Å². The lowest BCUT2D eigenvalue weighted by Gasteiger charge is -2.13. The van der Waals surface area contributed by atoms with Crippen LogP contribution >= 0.6 is 33.9 Å². The number of aliphatic hydroxyl groups excluding tert-OH is 1. The van der Waals surface area contributed by atoms with Gasteiger partial charge in [-0.15, -0.1) is 11.3 Å². The van der Waals surface area contributed by atoms with E-state index in [1.807, 2.05) is 17.0 Å². The Bertz CT molecular complexity index is 653. The molecule has 2 aromatic rings. The molecule has 1 N–H and O–H groups in total. The number of nitrogens with zero attached hydrogens (tertiary/aromatic N) is 1. The summed E-state index contributed by atoms with van der Waals surface area (Å²) in [6.07, 6.45) is 0.635. The number of halogens is 1. The van der Waals surface area contributed by atoms with Gasteiger partial charge < -0.3 is 10.0 Å². The molecule has 0 saturated carbocycles. The van der Waals surface area contributed by atoms with Gasteiger partial charge in [-0.2, -0.15) is 0 Å². The van der Waals surface area contributed by atoms with E-state index in [0.29, 0.717) is 19.5 Å². The van der Waals surface area contributed by atoms with Crippen molar-refractivity contribution < 1.29 is 9.90 Å². The molecule has 0 atom stereocenters. The van der Waals surface area contributed by atoms with E-state index in [1.165, 1.54) is 13.3 Å². The van der Waals surface area contributed by atoms with Crippen LogP contribution in [0.4, 0.5) is 0 Å². The van der Waals surface area contributed by atoms with Crippen LogP contribution in [-0.4, -0.2) is 29.1 Å². The molecular weight excluding hydrogens is 385 g/mol. The van der Waals surface area contributed by atoms with E-state index in [4.69, 9.17) is 5.11 Å². The van der Waals surface area contributed by atoms with Gasteiger partial charge in [-0.05, 0) is 64.4 Å². The van der Waals surface area contributed by atoms with Crippen LogP contribution in [0.2, 0.25) is 0 Å². The van der Waals surface area contributed by atoms with E-state index >= 15 is 0 Å². The maximum atomic E-state index is 12.2. The van der Waals surface area contributed by atoms with Crippen molar-refractivity contribution in [2.75, 3.05) is 13.2 Å². The Kier molecular flexibility index (Phi) is 4.09. The van der Waals surface area contributed by atoms with E-state index < -0.39 is 0 Å². The number of carbonyl (C=O) groups is 1. The third-order valence-corrected chi connectivity index (χ3v) is 5.37. The standard InChI is InChI=1S/C15H14INO2S/c16-14-5-4-13(20-14)10-2-3-12-11(8-10)9-17(15(12)19)6-1-7-18/h2-5,8,18H,1,6-7,9H2. The topological polar surface area (TPSA) is 40.5 Å². The first-order chi connectivity index (χ1) is 9.69. The fraction of sp³-hybridized carbons (Fsp3) is 0.267. The predicted molar refractivity (Wildman–Crippen MR) is 88.9 cm³/mol. The average molecular weight is 399 g/mol. The molecule has 0 radical (unpaired) electrons. The molecule has 20 heavy (non-hydrogen) atoms. The van der Waals surface area contributed by atoms with Crippen LogP contribution in [0.15, 0.2) is 30.3 Å². The molecule has 0 aliphatic carbocycles. The first-order valence-electron chi connectivity index (χ1n) is 6.48. The largest absolute Gasteiger partial charge is 0.396 e. The van der Waals surface area contributed by atoms with Crippen molar-refractivity contribution >= 4 is 39.8 Å². The fourth-order valence-electron chi connectivity index (χ4n) is 2.45. The zero-order valence-corrected chi connectivity index (χ0v) is 13.8. The van der Waals surface area contributed by atoms with Gasteiger partial charge >= 0.3 is 0 Å². The third-order valence-electron chi connectivity index (χ3n) is 3.43. The number of benzene rings is 1. The summed E-state index contributed by atoms with van der Waals surface area (Å²) in [4.78, 5) is 15.2. The zero-order chi connectivity index (χ0) is 14.1. The number of hydrogen-bond donors (Lipinski definition) is 1. The Morgan fingerprint density at radius 2 is 2.15 bits per heavy atom. The first-order valence-corrected chi connectivity index (χ1v) is 8.37. The molecule has 2 heterocycles. The van der Waals surface area contributed by atoms with Crippen LogP contribution in [0.25, 0.3) is 10.4 Å². The predicted octanol–water partition coefficient (Wildman–Crippen LogP) is 3.36. The average Bonchev–Trinajstić information content (AvgIpc) is 3.01. The molecule has 0 unspecified atom stereocenters. The molecule has 0 fully saturated rings. The summed E-state index contributed by atoms with van der Waals surface area (Å²) in [7, 11) is 0. The van der Waals surface area contributed by atoms with E-state index in [9.17, 15) is 4.79 Å². The Balaban J connectivity index is 1.87. The van der Waals surface area contributed by atoms with Gasteiger partial charge in [0.2, 0.25) is 0 Å². The van der Waals surface area contributed by atoms with E-state index in [1.54, 1.807) is 11.3 Å². The number of hydrogen-bond acceptors (Lipinski definition) is 3. The molecule has 1 aromatic heterocycles. The van der Waals surface area contributed by atoms with Gasteiger partial charge in [-0.25, -0.2) is 0 Å². The van der Waals surface area contributed by atoms with Crippen molar-refractivity contribution in [3.63, 3.8) is 0 Å². The minimum atomic E-state index is 0.0840. The summed E-state index contributed by atoms with van der Waals surface area (Å²) in [5.41, 5.74) is 3.07. The molecule has 1 aliphatic heterocycles. The van der Waals surface area contributed by atoms with Crippen LogP contribution in [-0.2, 0) is 6.54 Å². The minimum absolute atomic E-state index is 0.0840. The molecule has 1 aromatic carbocycles. The van der Waals surface area contributed by atoms with Crippen molar-refractivity contribution in [2.45, 2.75) is 13.0 Å². The molecule has 1 aliphatic rings. The van der Waals surface area contributed by atoms with Gasteiger partial charge in [-0.3, -0.25) is 4.79 Å². The highest BCUT2D eigenvalue weighted by Gasteiger charge is 2.26. The Labute approximate surface area is 135 Å². The summed E-state index contributed by atoms with van der Waals surface area (Å²) >= 11 is 4.08. The zero-order valence-electron chi connectivity index (χ0n) is 10.8. The lowest BCUT2D eigenvalue weighted by molar-refractivity contribution is 0.0768. The second-order valence-electron chi connectivity index (χ2n) is 4.78. The Hall–Kier alpha value is -0.920. The van der Waals surface area contributed by atoms with Gasteiger partial charge in [-0.1, -0.05) is 6.07 Å². The monoisotopic (exact) mass is 399 g/mol. The van der Waals surface area contributed by atoms with Gasteiger partial charge in [0, 0.05) is 30.1 Å². The second kappa shape index (κ2) is 5.83. The number of fused-ring (bicyclic) bond motifs is 1. The fourth-order valence-corrected chi connectivity index (χ4v) is 4.06. The summed E-state index contributed by atoms with van der Waals surface area (Å²) in [6, 6.07) is 10.3. The first kappa shape index (κ1) is 14.0. The lowest BCUT2D eigenvalue weighted by atomic mass is 10.1. The van der Waals surface area contributed by atoms with Crippen molar-refractivity contribution in [1.29, 1.82) is 0 Å². The van der Waals surface area contributed by atoms with E-state index in [2.05, 4.69) is 40.8 Å². The maximum Gasteiger partial charge on any atom is 0.254 e. The molecule has 3 rings (SSSR count). The van der Waals surface area contributed by atoms with Crippen molar-refractivity contribution in [3.05, 3.63) is 44.3 Å². The number of rotatable bonds is 4. The molecule has 3 nitrogen and oxygen atoms in total. The highest BCUT2D eigenvalue weighted by Crippen LogP contribution is 2.32. The van der Waals surface area contributed by atoms with E-state index in [0.717, 1.165) is 11.1 Å². The smallest absolute Gasteiger partial charge is 0.254 e. The molecule has 1 amide bonds. The summed E-state index contributed by atoms with van der Waals surface area (Å²) < 4.78 is 1.26. The molecule has 0 saturated heterocycles. The SMILES string of the molecule is O=C1c2ccc(-c3ccc(I)s3)cc2CN1CCCO. The summed E-state index contributed by atoms with van der Waals surface area (Å²) in [5.74, 6) is 0.0840. The van der Waals surface area contributed by atoms with Gasteiger partial charge in [0.05, 0.1) is 2.88 Å². The Morgan fingerprint density at radius 1 is 1.30 bits per heavy atom. The van der Waals surface area contributed by atoms with Crippen LogP contribution < -0.4 is 0 Å². The maximum absolute atomic E-state index is 12.2. The van der Waals surface area contributed by atoms with Crippen molar-refractivity contribution in [3.8, 4) is 10.4 Å². The second-order valence-corrected chi connectivity index (χ2v) is 7.76. The molecule has 0 spiro atoms. The lowest BCUT2D eigenvalue weighted by Crippen LogP contribution is -2.25. The van der Waals surface area contributed by atoms with Crippen molar-refractivity contribution in [2.24, 2.45) is 0 Å². The van der Waals surface area contributed by atoms with Crippen LogP contribution in [0, 0.1) is 2.88 Å². The van der Waals surface area contributed by atoms with Gasteiger partial charge in [0.1, 0.15) is 0 Å². The summed E-state index contributed by atoms with van der Waals surface area (Å²) in [5, 5.41) is 8.89. The Morgan fingerprint density at radius 3 is 2.85 bits per heavy atom. The highest BCUT2D eigenvalue weighted by molar-refractivity contribution is 14.1. The molecule has 104 valence electrons. The molecule has 5 heteroatoms. The number of thiophene rings is 1. The summed E-state index contributed by atoms with van der Waals surface area (Å²) in [6.45, 7) is 1.40. The van der Waals surface area contributed by atoms with Crippen LogP contribution in [0.5, 0.6) is 0 Å². The highest BCUT2D eigenvalue weighted by atomic mass is 127. The van der Waals surface area contributed by atoms with Crippen molar-refractivity contribution in [1.82, 2.24) is 4.90 Å². The number of amides is 1. The van der Waals surface area contributed by atoms with Crippen LogP contribution in [0.1, 0.15) is 22.3 Å². The van der Waals surface area contributed by atoms with E-state index in [-0.39, 0.29) is 12.5 Å². The molecule has 0 bridgehead atoms. The quantitative estimate of drug-likeness (QED) is 0.802. The number of carbonyl (C=O) groups excluding carboxylic acids is 1. The minimum Gasteiger partial charge on any atom is -0.396 e. The normalized spacial score (nSPS) is 13.9.